The molecular weight excluding hydrogens is 417 g/mol. The zero-order valence-corrected chi connectivity index (χ0v) is 11.4. The third kappa shape index (κ3) is 2.69. The fraction of sp³-hybridized carbons (Fsp3) is 0.125. The predicted molar refractivity (Wildman–Crippen MR) is 68.6 cm³/mol. The van der Waals surface area contributed by atoms with Crippen molar-refractivity contribution in [3.63, 3.8) is 0 Å². The summed E-state index contributed by atoms with van der Waals surface area (Å²) in [5.74, 6) is 0.0203. The first kappa shape index (κ1) is 11.5. The van der Waals surface area contributed by atoms with Crippen molar-refractivity contribution in [2.75, 3.05) is 5.88 Å². The molecule has 0 amide bonds. The van der Waals surface area contributed by atoms with Gasteiger partial charge in [0.2, 0.25) is 0 Å². The van der Waals surface area contributed by atoms with E-state index in [9.17, 15) is 9.90 Å². The lowest BCUT2D eigenvalue weighted by molar-refractivity contribution is 0.101. The quantitative estimate of drug-likeness (QED) is 0.452. The minimum Gasteiger partial charge on any atom is -0.508 e. The van der Waals surface area contributed by atoms with E-state index < -0.39 is 0 Å². The molecule has 0 heterocycles. The fourth-order valence-electron chi connectivity index (χ4n) is 0.893. The molecule has 0 fully saturated rings. The second-order valence-corrected chi connectivity index (χ2v) is 4.93. The summed E-state index contributed by atoms with van der Waals surface area (Å²) in [7, 11) is 0. The van der Waals surface area contributed by atoms with Gasteiger partial charge in [0.05, 0.1) is 5.88 Å². The molecule has 0 aliphatic carbocycles. The second kappa shape index (κ2) is 4.79. The average molecular weight is 422 g/mol. The van der Waals surface area contributed by atoms with Crippen molar-refractivity contribution in [3.05, 3.63) is 24.8 Å². The lowest BCUT2D eigenvalue weighted by Crippen LogP contribution is -2.05. The van der Waals surface area contributed by atoms with Crippen LogP contribution in [0.5, 0.6) is 5.75 Å². The van der Waals surface area contributed by atoms with Crippen molar-refractivity contribution in [3.8, 4) is 5.75 Å². The highest BCUT2D eigenvalue weighted by Crippen LogP contribution is 2.25. The Balaban J connectivity index is 3.28. The number of rotatable bonds is 2. The lowest BCUT2D eigenvalue weighted by Gasteiger charge is -2.04. The number of phenolic OH excluding ortho intramolecular Hbond substituents is 1. The SMILES string of the molecule is O=C(CCl)c1c(I)cc(O)cc1I. The molecule has 0 unspecified atom stereocenters. The molecule has 0 spiro atoms. The van der Waals surface area contributed by atoms with Gasteiger partial charge in [0.1, 0.15) is 5.75 Å². The maximum absolute atomic E-state index is 11.3. The number of alkyl halides is 1. The van der Waals surface area contributed by atoms with Crippen LogP contribution in [0.3, 0.4) is 0 Å². The van der Waals surface area contributed by atoms with Gasteiger partial charge in [-0.1, -0.05) is 0 Å². The molecule has 70 valence electrons. The van der Waals surface area contributed by atoms with Crippen molar-refractivity contribution in [2.45, 2.75) is 0 Å². The van der Waals surface area contributed by atoms with Gasteiger partial charge in [-0.05, 0) is 57.3 Å². The largest absolute Gasteiger partial charge is 0.508 e. The Bertz CT molecular complexity index is 329. The lowest BCUT2D eigenvalue weighted by atomic mass is 10.1. The van der Waals surface area contributed by atoms with E-state index in [1.165, 1.54) is 0 Å². The predicted octanol–water partition coefficient (Wildman–Crippen LogP) is 3.02. The summed E-state index contributed by atoms with van der Waals surface area (Å²) in [6.07, 6.45) is 0. The highest BCUT2D eigenvalue weighted by Gasteiger charge is 2.13. The Morgan fingerprint density at radius 2 is 1.85 bits per heavy atom. The van der Waals surface area contributed by atoms with Gasteiger partial charge in [-0.2, -0.15) is 0 Å². The molecule has 5 heteroatoms. The molecule has 0 atom stereocenters. The standard InChI is InChI=1S/C8H5ClI2O2/c9-3-7(13)8-5(10)1-4(12)2-6(8)11/h1-2,12H,3H2. The number of halogens is 3. The van der Waals surface area contributed by atoms with E-state index in [0.29, 0.717) is 5.56 Å². The van der Waals surface area contributed by atoms with Crippen LogP contribution in [0.15, 0.2) is 12.1 Å². The number of phenols is 1. The number of Topliss-reactive ketones (excluding diaryl/α,β-unsaturated/α-hetero) is 1. The number of benzene rings is 1. The van der Waals surface area contributed by atoms with E-state index in [-0.39, 0.29) is 17.4 Å². The number of carbonyl (C=O) groups is 1. The smallest absolute Gasteiger partial charge is 0.179 e. The van der Waals surface area contributed by atoms with Gasteiger partial charge < -0.3 is 5.11 Å². The Labute approximate surface area is 108 Å². The normalized spacial score (nSPS) is 10.1. The highest BCUT2D eigenvalue weighted by atomic mass is 127. The summed E-state index contributed by atoms with van der Waals surface area (Å²) in [5, 5.41) is 9.22. The summed E-state index contributed by atoms with van der Waals surface area (Å²) in [4.78, 5) is 11.3. The van der Waals surface area contributed by atoms with Crippen molar-refractivity contribution < 1.29 is 9.90 Å². The Kier molecular flexibility index (Phi) is 4.24. The van der Waals surface area contributed by atoms with Crippen molar-refractivity contribution in [2.24, 2.45) is 0 Å². The van der Waals surface area contributed by atoms with Crippen LogP contribution in [0, 0.1) is 7.14 Å². The molecule has 0 saturated carbocycles. The van der Waals surface area contributed by atoms with Gasteiger partial charge in [-0.25, -0.2) is 0 Å². The number of hydrogen-bond acceptors (Lipinski definition) is 2. The zero-order chi connectivity index (χ0) is 10.0. The third-order valence-corrected chi connectivity index (χ3v) is 3.37. The number of ketones is 1. The minimum atomic E-state index is -0.115. The van der Waals surface area contributed by atoms with Gasteiger partial charge in [-0.15, -0.1) is 11.6 Å². The minimum absolute atomic E-state index is 0.0310. The number of carbonyl (C=O) groups excluding carboxylic acids is 1. The van der Waals surface area contributed by atoms with Gasteiger partial charge in [0.15, 0.2) is 5.78 Å². The molecular formula is C8H5ClI2O2. The summed E-state index contributed by atoms with van der Waals surface area (Å²) in [6, 6.07) is 3.09. The molecule has 0 aliphatic heterocycles. The zero-order valence-electron chi connectivity index (χ0n) is 6.35. The van der Waals surface area contributed by atoms with Crippen LogP contribution < -0.4 is 0 Å². The van der Waals surface area contributed by atoms with E-state index in [2.05, 4.69) is 0 Å². The van der Waals surface area contributed by atoms with E-state index in [4.69, 9.17) is 11.6 Å². The van der Waals surface area contributed by atoms with E-state index in [1.54, 1.807) is 12.1 Å². The maximum Gasteiger partial charge on any atom is 0.179 e. The molecule has 13 heavy (non-hydrogen) atoms. The molecule has 0 aliphatic rings. The van der Waals surface area contributed by atoms with Crippen LogP contribution in [0.25, 0.3) is 0 Å². The second-order valence-electron chi connectivity index (χ2n) is 2.34. The van der Waals surface area contributed by atoms with Gasteiger partial charge in [0.25, 0.3) is 0 Å². The number of aromatic hydroxyl groups is 1. The molecule has 1 N–H and O–H groups in total. The molecule has 0 saturated heterocycles. The topological polar surface area (TPSA) is 37.3 Å². The molecule has 0 aromatic heterocycles. The van der Waals surface area contributed by atoms with E-state index in [0.717, 1.165) is 7.14 Å². The van der Waals surface area contributed by atoms with E-state index in [1.807, 2.05) is 45.2 Å². The van der Waals surface area contributed by atoms with E-state index >= 15 is 0 Å². The first-order valence-electron chi connectivity index (χ1n) is 3.33. The Morgan fingerprint density at radius 1 is 1.38 bits per heavy atom. The van der Waals surface area contributed by atoms with Gasteiger partial charge in [-0.3, -0.25) is 4.79 Å². The first-order chi connectivity index (χ1) is 6.06. The fourth-order valence-corrected chi connectivity index (χ4v) is 3.36. The van der Waals surface area contributed by atoms with Crippen LogP contribution in [0.2, 0.25) is 0 Å². The maximum atomic E-state index is 11.3. The molecule has 0 radical (unpaired) electrons. The van der Waals surface area contributed by atoms with Crippen LogP contribution in [0.1, 0.15) is 10.4 Å². The molecule has 1 rings (SSSR count). The first-order valence-corrected chi connectivity index (χ1v) is 6.02. The van der Waals surface area contributed by atoms with Crippen molar-refractivity contribution in [1.29, 1.82) is 0 Å². The summed E-state index contributed by atoms with van der Waals surface area (Å²) in [6.45, 7) is 0. The number of hydrogen-bond donors (Lipinski definition) is 1. The summed E-state index contributed by atoms with van der Waals surface area (Å²) in [5.41, 5.74) is 0.592. The van der Waals surface area contributed by atoms with Crippen molar-refractivity contribution in [1.82, 2.24) is 0 Å². The van der Waals surface area contributed by atoms with Crippen molar-refractivity contribution >= 4 is 62.6 Å². The molecule has 2 nitrogen and oxygen atoms in total. The van der Waals surface area contributed by atoms with Crippen LogP contribution in [-0.2, 0) is 0 Å². The molecule has 0 bridgehead atoms. The highest BCUT2D eigenvalue weighted by molar-refractivity contribution is 14.1. The third-order valence-electron chi connectivity index (χ3n) is 1.43. The summed E-state index contributed by atoms with van der Waals surface area (Å²) < 4.78 is 1.46. The summed E-state index contributed by atoms with van der Waals surface area (Å²) >= 11 is 9.46. The molecule has 1 aromatic carbocycles. The van der Waals surface area contributed by atoms with Gasteiger partial charge >= 0.3 is 0 Å². The van der Waals surface area contributed by atoms with Gasteiger partial charge in [0, 0.05) is 12.7 Å². The Hall–Kier alpha value is 0.440. The monoisotopic (exact) mass is 422 g/mol. The Morgan fingerprint density at radius 3 is 2.23 bits per heavy atom. The van der Waals surface area contributed by atoms with Crippen LogP contribution in [-0.4, -0.2) is 16.8 Å². The molecule has 1 aromatic rings. The van der Waals surface area contributed by atoms with Crippen LogP contribution in [0.4, 0.5) is 0 Å². The average Bonchev–Trinajstić information content (AvgIpc) is 2.02. The van der Waals surface area contributed by atoms with Crippen LogP contribution >= 0.6 is 56.8 Å².